The number of H-pyrrole nitrogens is 1. The monoisotopic (exact) mass is 332 g/mol. The summed E-state index contributed by atoms with van der Waals surface area (Å²) in [7, 11) is -3.64. The summed E-state index contributed by atoms with van der Waals surface area (Å²) in [4.78, 5) is 21.9. The second-order valence-corrected chi connectivity index (χ2v) is 7.51. The van der Waals surface area contributed by atoms with Gasteiger partial charge in [-0.05, 0) is 18.1 Å². The maximum atomic E-state index is 12.7. The van der Waals surface area contributed by atoms with Gasteiger partial charge in [0.15, 0.2) is 0 Å². The lowest BCUT2D eigenvalue weighted by atomic mass is 10.0. The maximum Gasteiger partial charge on any atom is 0.241 e. The van der Waals surface area contributed by atoms with E-state index in [1.54, 1.807) is 35.5 Å². The van der Waals surface area contributed by atoms with Crippen molar-refractivity contribution in [2.75, 3.05) is 6.54 Å². The van der Waals surface area contributed by atoms with E-state index in [1.165, 1.54) is 0 Å². The van der Waals surface area contributed by atoms with Crippen LogP contribution >= 0.6 is 0 Å². The molecule has 0 fully saturated rings. The molecule has 1 atom stereocenters. The van der Waals surface area contributed by atoms with Gasteiger partial charge in [-0.25, -0.2) is 13.4 Å². The van der Waals surface area contributed by atoms with Crippen LogP contribution in [-0.4, -0.2) is 41.8 Å². The first-order valence-electron chi connectivity index (χ1n) is 7.45. The molecule has 8 heteroatoms. The van der Waals surface area contributed by atoms with E-state index in [1.807, 2.05) is 0 Å². The fraction of sp³-hybridized carbons (Fsp3) is 0.333. The Kier molecular flexibility index (Phi) is 3.24. The molecule has 120 valence electrons. The first kappa shape index (κ1) is 14.4. The van der Waals surface area contributed by atoms with Gasteiger partial charge in [0, 0.05) is 13.0 Å². The molecule has 1 amide bonds. The molecule has 0 saturated heterocycles. The molecule has 23 heavy (non-hydrogen) atoms. The molecule has 1 aromatic heterocycles. The highest BCUT2D eigenvalue weighted by atomic mass is 32.2. The first-order chi connectivity index (χ1) is 11.0. The van der Waals surface area contributed by atoms with Gasteiger partial charge in [-0.3, -0.25) is 4.79 Å². The molecule has 2 aliphatic rings. The Morgan fingerprint density at radius 2 is 2.13 bits per heavy atom. The smallest absolute Gasteiger partial charge is 0.241 e. The molecule has 7 nitrogen and oxygen atoms in total. The summed E-state index contributed by atoms with van der Waals surface area (Å²) in [6, 6.07) is 6.05. The van der Waals surface area contributed by atoms with E-state index in [4.69, 9.17) is 0 Å². The quantitative estimate of drug-likeness (QED) is 0.780. The number of rotatable bonds is 1. The minimum Gasteiger partial charge on any atom is -0.347 e. The summed E-state index contributed by atoms with van der Waals surface area (Å²) in [5.74, 6) is -0.191. The predicted molar refractivity (Wildman–Crippen MR) is 82.0 cm³/mol. The molecule has 1 aromatic carbocycles. The largest absolute Gasteiger partial charge is 0.347 e. The van der Waals surface area contributed by atoms with Crippen LogP contribution in [0, 0.1) is 0 Å². The molecule has 2 N–H and O–H groups in total. The van der Waals surface area contributed by atoms with Crippen LogP contribution in [0.2, 0.25) is 0 Å². The molecule has 2 aromatic rings. The fourth-order valence-corrected chi connectivity index (χ4v) is 4.65. The van der Waals surface area contributed by atoms with E-state index < -0.39 is 16.1 Å². The second kappa shape index (κ2) is 5.17. The van der Waals surface area contributed by atoms with Gasteiger partial charge in [-0.1, -0.05) is 18.2 Å². The number of aromatic amines is 1. The second-order valence-electron chi connectivity index (χ2n) is 5.82. The van der Waals surface area contributed by atoms with Crippen LogP contribution in [0.4, 0.5) is 0 Å². The standard InChI is InChI=1S/C15H16N4O3S/c20-15(19-6-5-11-13(8-19)17-9-16-11)12-7-10-3-1-2-4-14(10)23(21,22)18-12/h1-4,9,12,18H,5-8H2,(H,16,17). The Morgan fingerprint density at radius 3 is 3.00 bits per heavy atom. The Morgan fingerprint density at radius 1 is 1.30 bits per heavy atom. The molecule has 0 saturated carbocycles. The van der Waals surface area contributed by atoms with Gasteiger partial charge in [0.1, 0.15) is 6.04 Å². The molecule has 2 aliphatic heterocycles. The molecular formula is C15H16N4O3S. The topological polar surface area (TPSA) is 95.2 Å². The van der Waals surface area contributed by atoms with Crippen molar-refractivity contribution in [1.29, 1.82) is 0 Å². The van der Waals surface area contributed by atoms with Crippen LogP contribution in [0.1, 0.15) is 17.0 Å². The average molecular weight is 332 g/mol. The number of fused-ring (bicyclic) bond motifs is 2. The van der Waals surface area contributed by atoms with Gasteiger partial charge >= 0.3 is 0 Å². The Balaban J connectivity index is 1.59. The number of aromatic nitrogens is 2. The zero-order chi connectivity index (χ0) is 16.0. The Hall–Kier alpha value is -2.19. The van der Waals surface area contributed by atoms with E-state index in [2.05, 4.69) is 14.7 Å². The summed E-state index contributed by atoms with van der Waals surface area (Å²) in [6.45, 7) is 0.991. The van der Waals surface area contributed by atoms with Gasteiger partial charge in [-0.2, -0.15) is 4.72 Å². The molecular weight excluding hydrogens is 316 g/mol. The molecule has 0 spiro atoms. The average Bonchev–Trinajstić information content (AvgIpc) is 3.01. The summed E-state index contributed by atoms with van der Waals surface area (Å²) in [6.07, 6.45) is 2.68. The van der Waals surface area contributed by atoms with Crippen molar-refractivity contribution in [3.8, 4) is 0 Å². The van der Waals surface area contributed by atoms with Crippen LogP contribution < -0.4 is 4.72 Å². The molecule has 0 radical (unpaired) electrons. The predicted octanol–water partition coefficient (Wildman–Crippen LogP) is 0.198. The van der Waals surface area contributed by atoms with Crippen molar-refractivity contribution in [3.05, 3.63) is 47.5 Å². The number of imidazole rings is 1. The lowest BCUT2D eigenvalue weighted by Gasteiger charge is -2.32. The summed E-state index contributed by atoms with van der Waals surface area (Å²) >= 11 is 0. The zero-order valence-electron chi connectivity index (χ0n) is 12.3. The SMILES string of the molecule is O=C(C1Cc2ccccc2S(=O)(=O)N1)N1CCc2nc[nH]c2C1. The van der Waals surface area contributed by atoms with E-state index in [-0.39, 0.29) is 10.8 Å². The van der Waals surface area contributed by atoms with Crippen LogP contribution in [0.5, 0.6) is 0 Å². The first-order valence-corrected chi connectivity index (χ1v) is 8.93. The lowest BCUT2D eigenvalue weighted by molar-refractivity contribution is -0.134. The molecule has 1 unspecified atom stereocenters. The van der Waals surface area contributed by atoms with E-state index >= 15 is 0 Å². The van der Waals surface area contributed by atoms with E-state index in [0.717, 1.165) is 11.4 Å². The van der Waals surface area contributed by atoms with Gasteiger partial charge in [-0.15, -0.1) is 0 Å². The van der Waals surface area contributed by atoms with Crippen molar-refractivity contribution in [2.24, 2.45) is 0 Å². The lowest BCUT2D eigenvalue weighted by Crippen LogP contribution is -2.52. The van der Waals surface area contributed by atoms with Crippen LogP contribution in [0.15, 0.2) is 35.5 Å². The number of nitrogens with zero attached hydrogens (tertiary/aromatic N) is 2. The van der Waals surface area contributed by atoms with Crippen molar-refractivity contribution in [1.82, 2.24) is 19.6 Å². The van der Waals surface area contributed by atoms with Gasteiger partial charge in [0.2, 0.25) is 15.9 Å². The minimum atomic E-state index is -3.64. The highest BCUT2D eigenvalue weighted by Crippen LogP contribution is 2.24. The number of benzene rings is 1. The number of hydrogen-bond acceptors (Lipinski definition) is 4. The minimum absolute atomic E-state index is 0.191. The van der Waals surface area contributed by atoms with Crippen molar-refractivity contribution >= 4 is 15.9 Å². The highest BCUT2D eigenvalue weighted by molar-refractivity contribution is 7.89. The molecule has 4 rings (SSSR count). The Labute approximate surface area is 133 Å². The van der Waals surface area contributed by atoms with Gasteiger partial charge in [0.25, 0.3) is 0 Å². The van der Waals surface area contributed by atoms with E-state index in [9.17, 15) is 13.2 Å². The van der Waals surface area contributed by atoms with Crippen LogP contribution in [0.25, 0.3) is 0 Å². The highest BCUT2D eigenvalue weighted by Gasteiger charge is 2.36. The van der Waals surface area contributed by atoms with Crippen molar-refractivity contribution in [2.45, 2.75) is 30.3 Å². The zero-order valence-corrected chi connectivity index (χ0v) is 13.1. The number of carbonyl (C=O) groups excluding carboxylic acids is 1. The summed E-state index contributed by atoms with van der Waals surface area (Å²) in [5, 5.41) is 0. The normalized spacial score (nSPS) is 22.3. The number of nitrogens with one attached hydrogen (secondary N) is 2. The molecule has 0 aliphatic carbocycles. The Bertz CT molecular complexity index is 874. The number of sulfonamides is 1. The number of amides is 1. The van der Waals surface area contributed by atoms with Crippen LogP contribution in [-0.2, 0) is 34.2 Å². The molecule has 0 bridgehead atoms. The maximum absolute atomic E-state index is 12.7. The number of hydrogen-bond donors (Lipinski definition) is 2. The third-order valence-electron chi connectivity index (χ3n) is 4.37. The third kappa shape index (κ3) is 2.43. The molecule has 3 heterocycles. The van der Waals surface area contributed by atoms with E-state index in [0.29, 0.717) is 31.5 Å². The van der Waals surface area contributed by atoms with Crippen molar-refractivity contribution in [3.63, 3.8) is 0 Å². The van der Waals surface area contributed by atoms with Gasteiger partial charge in [0.05, 0.1) is 29.2 Å². The summed E-state index contributed by atoms with van der Waals surface area (Å²) in [5.41, 5.74) is 2.58. The third-order valence-corrected chi connectivity index (χ3v) is 5.94. The number of carbonyl (C=O) groups is 1. The van der Waals surface area contributed by atoms with Crippen molar-refractivity contribution < 1.29 is 13.2 Å². The van der Waals surface area contributed by atoms with Crippen LogP contribution in [0.3, 0.4) is 0 Å². The fourth-order valence-electron chi connectivity index (χ4n) is 3.21. The van der Waals surface area contributed by atoms with Gasteiger partial charge < -0.3 is 9.88 Å². The summed E-state index contributed by atoms with van der Waals surface area (Å²) < 4.78 is 27.2.